The number of benzene rings is 1. The molecule has 16 heavy (non-hydrogen) atoms. The minimum atomic E-state index is -0.771. The van der Waals surface area contributed by atoms with Crippen LogP contribution < -0.4 is 5.73 Å². The molecule has 1 unspecified atom stereocenters. The Morgan fingerprint density at radius 2 is 2.31 bits per heavy atom. The molecule has 0 spiro atoms. The maximum absolute atomic E-state index is 10.9. The lowest BCUT2D eigenvalue weighted by atomic mass is 9.97. The van der Waals surface area contributed by atoms with E-state index in [1.165, 1.54) is 5.56 Å². The van der Waals surface area contributed by atoms with Gasteiger partial charge in [-0.3, -0.25) is 9.69 Å². The third-order valence-corrected chi connectivity index (χ3v) is 3.24. The molecular formula is C12H16N2O2. The molecule has 4 heteroatoms. The standard InChI is InChI=1S/C12H16N2O2/c1-8(12(15)16)14-6-5-10-9(7-14)3-2-4-11(10)13/h2-4,8H,5-7,13H2,1H3,(H,15,16). The Hall–Kier alpha value is -1.55. The van der Waals surface area contributed by atoms with E-state index in [1.54, 1.807) is 6.92 Å². The number of hydrogen-bond donors (Lipinski definition) is 2. The number of carbonyl (C=O) groups is 1. The van der Waals surface area contributed by atoms with Gasteiger partial charge in [0.05, 0.1) is 0 Å². The fourth-order valence-corrected chi connectivity index (χ4v) is 2.15. The molecule has 86 valence electrons. The predicted molar refractivity (Wildman–Crippen MR) is 62.1 cm³/mol. The first-order valence-corrected chi connectivity index (χ1v) is 5.42. The monoisotopic (exact) mass is 220 g/mol. The summed E-state index contributed by atoms with van der Waals surface area (Å²) in [6, 6.07) is 5.40. The highest BCUT2D eigenvalue weighted by Gasteiger charge is 2.25. The normalized spacial score (nSPS) is 17.8. The topological polar surface area (TPSA) is 66.6 Å². The molecule has 1 aromatic carbocycles. The van der Waals surface area contributed by atoms with Crippen LogP contribution in [0.2, 0.25) is 0 Å². The Morgan fingerprint density at radius 1 is 1.56 bits per heavy atom. The van der Waals surface area contributed by atoms with Gasteiger partial charge < -0.3 is 10.8 Å². The van der Waals surface area contributed by atoms with Gasteiger partial charge in [-0.15, -0.1) is 0 Å². The van der Waals surface area contributed by atoms with E-state index in [2.05, 4.69) is 0 Å². The first kappa shape index (κ1) is 11.0. The van der Waals surface area contributed by atoms with E-state index in [1.807, 2.05) is 23.1 Å². The predicted octanol–water partition coefficient (Wildman–Crippen LogP) is 1.10. The van der Waals surface area contributed by atoms with E-state index in [0.29, 0.717) is 6.54 Å². The summed E-state index contributed by atoms with van der Waals surface area (Å²) in [6.07, 6.45) is 0.833. The number of anilines is 1. The number of fused-ring (bicyclic) bond motifs is 1. The van der Waals surface area contributed by atoms with Crippen LogP contribution in [-0.4, -0.2) is 28.6 Å². The summed E-state index contributed by atoms with van der Waals surface area (Å²) in [6.45, 7) is 3.15. The van der Waals surface area contributed by atoms with Gasteiger partial charge in [0, 0.05) is 18.8 Å². The number of rotatable bonds is 2. The van der Waals surface area contributed by atoms with E-state index in [0.717, 1.165) is 24.2 Å². The maximum atomic E-state index is 10.9. The molecule has 1 aromatic rings. The molecule has 1 atom stereocenters. The zero-order valence-corrected chi connectivity index (χ0v) is 9.31. The highest BCUT2D eigenvalue weighted by atomic mass is 16.4. The number of carboxylic acid groups (broad SMARTS) is 1. The van der Waals surface area contributed by atoms with Crippen LogP contribution >= 0.6 is 0 Å². The van der Waals surface area contributed by atoms with Crippen LogP contribution in [0.15, 0.2) is 18.2 Å². The molecule has 3 N–H and O–H groups in total. The van der Waals surface area contributed by atoms with Gasteiger partial charge in [-0.2, -0.15) is 0 Å². The summed E-state index contributed by atoms with van der Waals surface area (Å²) < 4.78 is 0. The van der Waals surface area contributed by atoms with Crippen LogP contribution in [-0.2, 0) is 17.8 Å². The number of nitrogens with two attached hydrogens (primary N) is 1. The van der Waals surface area contributed by atoms with Crippen molar-refractivity contribution < 1.29 is 9.90 Å². The summed E-state index contributed by atoms with van der Waals surface area (Å²) in [7, 11) is 0. The molecular weight excluding hydrogens is 204 g/mol. The molecule has 2 rings (SSSR count). The summed E-state index contributed by atoms with van der Waals surface area (Å²) in [5.41, 5.74) is 9.04. The third-order valence-electron chi connectivity index (χ3n) is 3.24. The minimum absolute atomic E-state index is 0.436. The molecule has 1 aliphatic heterocycles. The van der Waals surface area contributed by atoms with Gasteiger partial charge in [-0.05, 0) is 30.5 Å². The van der Waals surface area contributed by atoms with E-state index >= 15 is 0 Å². The van der Waals surface area contributed by atoms with Crippen molar-refractivity contribution in [1.82, 2.24) is 4.90 Å². The maximum Gasteiger partial charge on any atom is 0.320 e. The van der Waals surface area contributed by atoms with Crippen molar-refractivity contribution in [3.63, 3.8) is 0 Å². The van der Waals surface area contributed by atoms with Gasteiger partial charge in [0.15, 0.2) is 0 Å². The second kappa shape index (κ2) is 4.14. The van der Waals surface area contributed by atoms with Crippen LogP contribution in [0, 0.1) is 0 Å². The summed E-state index contributed by atoms with van der Waals surface area (Å²) in [4.78, 5) is 12.9. The van der Waals surface area contributed by atoms with E-state index in [9.17, 15) is 4.79 Å². The minimum Gasteiger partial charge on any atom is -0.480 e. The van der Waals surface area contributed by atoms with E-state index in [4.69, 9.17) is 10.8 Å². The van der Waals surface area contributed by atoms with Gasteiger partial charge in [0.2, 0.25) is 0 Å². The number of nitrogens with zero attached hydrogens (tertiary/aromatic N) is 1. The smallest absolute Gasteiger partial charge is 0.320 e. The average molecular weight is 220 g/mol. The Labute approximate surface area is 94.7 Å². The van der Waals surface area contributed by atoms with Crippen molar-refractivity contribution in [3.05, 3.63) is 29.3 Å². The fraction of sp³-hybridized carbons (Fsp3) is 0.417. The lowest BCUT2D eigenvalue weighted by Crippen LogP contribution is -2.42. The van der Waals surface area contributed by atoms with Gasteiger partial charge in [0.25, 0.3) is 0 Å². The molecule has 4 nitrogen and oxygen atoms in total. The van der Waals surface area contributed by atoms with Crippen molar-refractivity contribution in [2.24, 2.45) is 0 Å². The van der Waals surface area contributed by atoms with Crippen LogP contribution in [0.5, 0.6) is 0 Å². The number of hydrogen-bond acceptors (Lipinski definition) is 3. The highest BCUT2D eigenvalue weighted by Crippen LogP contribution is 2.25. The zero-order chi connectivity index (χ0) is 11.7. The Morgan fingerprint density at radius 3 is 3.00 bits per heavy atom. The molecule has 0 radical (unpaired) electrons. The van der Waals surface area contributed by atoms with Gasteiger partial charge in [0.1, 0.15) is 6.04 Å². The first-order valence-electron chi connectivity index (χ1n) is 5.42. The fourth-order valence-electron chi connectivity index (χ4n) is 2.15. The zero-order valence-electron chi connectivity index (χ0n) is 9.31. The van der Waals surface area contributed by atoms with Crippen LogP contribution in [0.4, 0.5) is 5.69 Å². The number of nitrogen functional groups attached to an aromatic ring is 1. The Kier molecular flexibility index (Phi) is 2.83. The largest absolute Gasteiger partial charge is 0.480 e. The van der Waals surface area contributed by atoms with E-state index in [-0.39, 0.29) is 0 Å². The van der Waals surface area contributed by atoms with E-state index < -0.39 is 12.0 Å². The second-order valence-electron chi connectivity index (χ2n) is 4.22. The SMILES string of the molecule is CC(C(=O)O)N1CCc2c(N)cccc2C1. The van der Waals surface area contributed by atoms with Gasteiger partial charge >= 0.3 is 5.97 Å². The molecule has 0 amide bonds. The Balaban J connectivity index is 2.21. The average Bonchev–Trinajstić information content (AvgIpc) is 2.28. The highest BCUT2D eigenvalue weighted by molar-refractivity contribution is 5.73. The Bertz CT molecular complexity index is 417. The van der Waals surface area contributed by atoms with Crippen LogP contribution in [0.3, 0.4) is 0 Å². The van der Waals surface area contributed by atoms with Crippen molar-refractivity contribution in [1.29, 1.82) is 0 Å². The summed E-state index contributed by atoms with van der Waals surface area (Å²) >= 11 is 0. The molecule has 0 saturated carbocycles. The molecule has 0 saturated heterocycles. The van der Waals surface area contributed by atoms with Crippen molar-refractivity contribution >= 4 is 11.7 Å². The van der Waals surface area contributed by atoms with Crippen molar-refractivity contribution in [3.8, 4) is 0 Å². The van der Waals surface area contributed by atoms with Gasteiger partial charge in [-0.25, -0.2) is 0 Å². The summed E-state index contributed by atoms with van der Waals surface area (Å²) in [5.74, 6) is -0.771. The molecule has 0 aromatic heterocycles. The second-order valence-corrected chi connectivity index (χ2v) is 4.22. The lowest BCUT2D eigenvalue weighted by Gasteiger charge is -2.32. The quantitative estimate of drug-likeness (QED) is 0.732. The molecule has 0 bridgehead atoms. The molecule has 1 aliphatic rings. The molecule has 0 fully saturated rings. The third kappa shape index (κ3) is 1.88. The molecule has 0 aliphatic carbocycles. The number of carboxylic acids is 1. The van der Waals surface area contributed by atoms with Crippen molar-refractivity contribution in [2.75, 3.05) is 12.3 Å². The van der Waals surface area contributed by atoms with Crippen LogP contribution in [0.25, 0.3) is 0 Å². The van der Waals surface area contributed by atoms with Crippen LogP contribution in [0.1, 0.15) is 18.1 Å². The van der Waals surface area contributed by atoms with Crippen molar-refractivity contribution in [2.45, 2.75) is 25.9 Å². The first-order chi connectivity index (χ1) is 7.59. The number of aliphatic carboxylic acids is 1. The van der Waals surface area contributed by atoms with Gasteiger partial charge in [-0.1, -0.05) is 12.1 Å². The molecule has 1 heterocycles. The summed E-state index contributed by atoms with van der Waals surface area (Å²) in [5, 5.41) is 8.97. The lowest BCUT2D eigenvalue weighted by molar-refractivity contribution is -0.142.